The minimum atomic E-state index is -3.77. The molecule has 218 valence electrons. The van der Waals surface area contributed by atoms with Gasteiger partial charge in [-0.05, 0) is 41.0 Å². The van der Waals surface area contributed by atoms with E-state index in [4.69, 9.17) is 4.74 Å². The van der Waals surface area contributed by atoms with Crippen LogP contribution >= 0.6 is 0 Å². The lowest BCUT2D eigenvalue weighted by atomic mass is 10.0. The first-order valence-corrected chi connectivity index (χ1v) is 15.2. The molecule has 3 aromatic carbocycles. The van der Waals surface area contributed by atoms with E-state index in [0.29, 0.717) is 17.0 Å². The van der Waals surface area contributed by atoms with Crippen LogP contribution in [0.2, 0.25) is 0 Å². The quantitative estimate of drug-likeness (QED) is 0.254. The molecule has 1 atom stereocenters. The Morgan fingerprint density at radius 2 is 1.45 bits per heavy atom. The van der Waals surface area contributed by atoms with Gasteiger partial charge >= 0.3 is 0 Å². The summed E-state index contributed by atoms with van der Waals surface area (Å²) in [6.45, 7) is -0.205. The van der Waals surface area contributed by atoms with Gasteiger partial charge in [-0.25, -0.2) is 8.42 Å². The van der Waals surface area contributed by atoms with E-state index in [1.807, 2.05) is 42.5 Å². The van der Waals surface area contributed by atoms with Crippen molar-refractivity contribution in [1.82, 2.24) is 19.5 Å². The number of carbonyl (C=O) groups is 2. The van der Waals surface area contributed by atoms with Gasteiger partial charge in [0.05, 0.1) is 32.1 Å². The van der Waals surface area contributed by atoms with E-state index in [2.05, 4.69) is 10.3 Å². The lowest BCUT2D eigenvalue weighted by Gasteiger charge is -2.33. The largest absolute Gasteiger partial charge is 0.497 e. The highest BCUT2D eigenvalue weighted by molar-refractivity contribution is 7.88. The highest BCUT2D eigenvalue weighted by Crippen LogP contribution is 2.26. The van der Waals surface area contributed by atoms with Gasteiger partial charge in [0.25, 0.3) is 0 Å². The number of aromatic nitrogens is 1. The molecule has 0 fully saturated rings. The zero-order valence-corrected chi connectivity index (χ0v) is 24.4. The Bertz CT molecular complexity index is 1550. The van der Waals surface area contributed by atoms with Gasteiger partial charge in [0.15, 0.2) is 0 Å². The van der Waals surface area contributed by atoms with E-state index in [-0.39, 0.29) is 19.6 Å². The number of amides is 2. The topological polar surface area (TPSA) is 109 Å². The average Bonchev–Trinajstić information content (AvgIpc) is 3.01. The van der Waals surface area contributed by atoms with Crippen LogP contribution in [0.1, 0.15) is 28.4 Å². The van der Waals surface area contributed by atoms with Gasteiger partial charge in [-0.15, -0.1) is 0 Å². The maximum atomic E-state index is 14.1. The van der Waals surface area contributed by atoms with Crippen LogP contribution < -0.4 is 10.1 Å². The van der Waals surface area contributed by atoms with Gasteiger partial charge in [-0.1, -0.05) is 78.9 Å². The zero-order valence-electron chi connectivity index (χ0n) is 23.6. The molecular weight excluding hydrogens is 552 g/mol. The fourth-order valence-corrected chi connectivity index (χ4v) is 5.18. The zero-order chi connectivity index (χ0) is 30.0. The molecule has 0 radical (unpaired) electrons. The molecule has 10 heteroatoms. The Morgan fingerprint density at radius 1 is 0.833 bits per heavy atom. The number of hydrogen-bond donors (Lipinski definition) is 1. The smallest absolute Gasteiger partial charge is 0.247 e. The number of benzene rings is 3. The second-order valence-electron chi connectivity index (χ2n) is 9.74. The molecule has 42 heavy (non-hydrogen) atoms. The average molecular weight is 587 g/mol. The molecule has 4 rings (SSSR count). The highest BCUT2D eigenvalue weighted by atomic mass is 32.2. The summed E-state index contributed by atoms with van der Waals surface area (Å²) in [6.07, 6.45) is 2.72. The van der Waals surface area contributed by atoms with Crippen molar-refractivity contribution in [2.75, 3.05) is 19.9 Å². The molecule has 0 spiro atoms. The van der Waals surface area contributed by atoms with Crippen molar-refractivity contribution in [2.45, 2.75) is 25.7 Å². The minimum Gasteiger partial charge on any atom is -0.497 e. The van der Waals surface area contributed by atoms with Crippen LogP contribution in [0.25, 0.3) is 0 Å². The first-order chi connectivity index (χ1) is 20.2. The first kappa shape index (κ1) is 30.4. The van der Waals surface area contributed by atoms with Gasteiger partial charge in [0.2, 0.25) is 21.8 Å². The van der Waals surface area contributed by atoms with E-state index in [1.54, 1.807) is 74.0 Å². The van der Waals surface area contributed by atoms with Crippen molar-refractivity contribution < 1.29 is 22.7 Å². The van der Waals surface area contributed by atoms with Crippen LogP contribution in [0.5, 0.6) is 5.75 Å². The van der Waals surface area contributed by atoms with Crippen molar-refractivity contribution >= 4 is 21.8 Å². The fourth-order valence-electron chi connectivity index (χ4n) is 4.46. The summed E-state index contributed by atoms with van der Waals surface area (Å²) in [7, 11) is -2.21. The normalized spacial score (nSPS) is 12.0. The number of carbonyl (C=O) groups excluding carboxylic acids is 2. The van der Waals surface area contributed by atoms with E-state index in [9.17, 15) is 18.0 Å². The Morgan fingerprint density at radius 3 is 2.05 bits per heavy atom. The third kappa shape index (κ3) is 8.48. The second kappa shape index (κ2) is 14.4. The molecule has 0 bridgehead atoms. The van der Waals surface area contributed by atoms with Crippen LogP contribution in [0.4, 0.5) is 0 Å². The number of hydrogen-bond acceptors (Lipinski definition) is 6. The molecule has 0 saturated heterocycles. The van der Waals surface area contributed by atoms with Crippen molar-refractivity contribution in [1.29, 1.82) is 0 Å². The third-order valence-electron chi connectivity index (χ3n) is 6.66. The Kier molecular flexibility index (Phi) is 10.4. The SMILES string of the molecule is COc1ccc(CN(C(=O)CN(Cc2ccccc2)S(C)(=O)=O)C(C(=O)NCc2ccccn2)c2ccccc2)cc1. The summed E-state index contributed by atoms with van der Waals surface area (Å²) >= 11 is 0. The molecule has 0 aliphatic rings. The molecule has 2 amide bonds. The van der Waals surface area contributed by atoms with Gasteiger partial charge in [0, 0.05) is 19.3 Å². The van der Waals surface area contributed by atoms with Crippen LogP contribution in [-0.4, -0.2) is 54.3 Å². The van der Waals surface area contributed by atoms with Crippen LogP contribution in [0.3, 0.4) is 0 Å². The Hall–Kier alpha value is -4.54. The number of methoxy groups -OCH3 is 1. The summed E-state index contributed by atoms with van der Waals surface area (Å²) in [5.74, 6) is -0.285. The fraction of sp³-hybridized carbons (Fsp3) is 0.219. The molecule has 4 aromatic rings. The number of nitrogens with zero attached hydrogens (tertiary/aromatic N) is 3. The molecule has 1 aromatic heterocycles. The van der Waals surface area contributed by atoms with Crippen molar-refractivity contribution in [3.05, 3.63) is 132 Å². The third-order valence-corrected chi connectivity index (χ3v) is 7.86. The van der Waals surface area contributed by atoms with Gasteiger partial charge < -0.3 is 15.0 Å². The van der Waals surface area contributed by atoms with Gasteiger partial charge in [0.1, 0.15) is 11.8 Å². The van der Waals surface area contributed by atoms with E-state index in [1.165, 1.54) is 4.90 Å². The molecule has 0 saturated carbocycles. The number of rotatable bonds is 13. The Balaban J connectivity index is 1.70. The summed E-state index contributed by atoms with van der Waals surface area (Å²) in [5, 5.41) is 2.91. The molecule has 0 aliphatic heterocycles. The lowest BCUT2D eigenvalue weighted by molar-refractivity contribution is -0.141. The van der Waals surface area contributed by atoms with Crippen molar-refractivity contribution in [3.63, 3.8) is 0 Å². The highest BCUT2D eigenvalue weighted by Gasteiger charge is 2.33. The Labute approximate surface area is 246 Å². The molecular formula is C32H34N4O5S. The standard InChI is InChI=1S/C32H34N4O5S/c1-41-29-18-16-26(17-19-29)23-36(30(37)24-35(42(2,39)40)22-25-11-5-3-6-12-25)31(27-13-7-4-8-14-27)32(38)34-21-28-15-9-10-20-33-28/h3-20,31H,21-24H2,1-2H3,(H,34,38). The summed E-state index contributed by atoms with van der Waals surface area (Å²) in [4.78, 5) is 33.7. The number of ether oxygens (including phenoxy) is 1. The van der Waals surface area contributed by atoms with E-state index in [0.717, 1.165) is 21.7 Å². The molecule has 9 nitrogen and oxygen atoms in total. The summed E-state index contributed by atoms with van der Waals surface area (Å²) in [5.41, 5.74) is 2.74. The number of nitrogens with one attached hydrogen (secondary N) is 1. The predicted molar refractivity (Wildman–Crippen MR) is 161 cm³/mol. The lowest BCUT2D eigenvalue weighted by Crippen LogP contribution is -2.47. The minimum absolute atomic E-state index is 0.0175. The predicted octanol–water partition coefficient (Wildman–Crippen LogP) is 3.94. The van der Waals surface area contributed by atoms with Crippen LogP contribution in [0, 0.1) is 0 Å². The monoisotopic (exact) mass is 586 g/mol. The maximum absolute atomic E-state index is 14.1. The molecule has 1 N–H and O–H groups in total. The summed E-state index contributed by atoms with van der Waals surface area (Å²) < 4.78 is 32.0. The molecule has 1 heterocycles. The first-order valence-electron chi connectivity index (χ1n) is 13.4. The molecule has 0 aliphatic carbocycles. The molecule has 1 unspecified atom stereocenters. The van der Waals surface area contributed by atoms with Gasteiger partial charge in [-0.2, -0.15) is 4.31 Å². The summed E-state index contributed by atoms with van der Waals surface area (Å²) in [6, 6.07) is 29.6. The van der Waals surface area contributed by atoms with E-state index >= 15 is 0 Å². The van der Waals surface area contributed by atoms with Crippen LogP contribution in [-0.2, 0) is 39.2 Å². The van der Waals surface area contributed by atoms with Crippen molar-refractivity contribution in [2.24, 2.45) is 0 Å². The second-order valence-corrected chi connectivity index (χ2v) is 11.7. The number of sulfonamides is 1. The van der Waals surface area contributed by atoms with Crippen molar-refractivity contribution in [3.8, 4) is 5.75 Å². The van der Waals surface area contributed by atoms with E-state index < -0.39 is 34.4 Å². The van der Waals surface area contributed by atoms with Gasteiger partial charge in [-0.3, -0.25) is 14.6 Å². The number of pyridine rings is 1. The maximum Gasteiger partial charge on any atom is 0.247 e. The van der Waals surface area contributed by atoms with Crippen LogP contribution in [0.15, 0.2) is 109 Å².